The summed E-state index contributed by atoms with van der Waals surface area (Å²) in [6, 6.07) is 0. The first-order valence-corrected chi connectivity index (χ1v) is 4.05. The molecule has 1 aromatic rings. The van der Waals surface area contributed by atoms with E-state index in [2.05, 4.69) is 17.1 Å². The van der Waals surface area contributed by atoms with Crippen LogP contribution in [0.15, 0.2) is 6.20 Å². The Morgan fingerprint density at radius 1 is 1.55 bits per heavy atom. The van der Waals surface area contributed by atoms with E-state index in [4.69, 9.17) is 5.11 Å². The summed E-state index contributed by atoms with van der Waals surface area (Å²) in [5, 5.41) is 15.6. The SMILES string of the molecule is CCCCCc1[nH]ncc1O. The number of unbranched alkanes of at least 4 members (excludes halogenated alkanes) is 2. The summed E-state index contributed by atoms with van der Waals surface area (Å²) in [5.74, 6) is 0.293. The van der Waals surface area contributed by atoms with Crippen LogP contribution in [0.5, 0.6) is 5.75 Å². The maximum atomic E-state index is 9.16. The molecule has 0 bridgehead atoms. The van der Waals surface area contributed by atoms with Crippen molar-refractivity contribution in [2.75, 3.05) is 0 Å². The predicted octanol–water partition coefficient (Wildman–Crippen LogP) is 1.85. The number of rotatable bonds is 4. The van der Waals surface area contributed by atoms with Crippen molar-refractivity contribution in [2.45, 2.75) is 32.6 Å². The van der Waals surface area contributed by atoms with Gasteiger partial charge in [-0.3, -0.25) is 5.10 Å². The van der Waals surface area contributed by atoms with Gasteiger partial charge in [0.1, 0.15) is 0 Å². The minimum Gasteiger partial charge on any atom is -0.504 e. The molecule has 0 spiro atoms. The van der Waals surface area contributed by atoms with Gasteiger partial charge in [-0.25, -0.2) is 0 Å². The minimum atomic E-state index is 0.293. The van der Waals surface area contributed by atoms with Gasteiger partial charge in [0.05, 0.1) is 11.9 Å². The van der Waals surface area contributed by atoms with Gasteiger partial charge in [-0.05, 0) is 12.8 Å². The fourth-order valence-electron chi connectivity index (χ4n) is 1.04. The van der Waals surface area contributed by atoms with E-state index in [1.54, 1.807) is 0 Å². The zero-order valence-electron chi connectivity index (χ0n) is 6.80. The molecule has 0 saturated heterocycles. The van der Waals surface area contributed by atoms with Gasteiger partial charge >= 0.3 is 0 Å². The summed E-state index contributed by atoms with van der Waals surface area (Å²) in [5.41, 5.74) is 0.860. The van der Waals surface area contributed by atoms with Crippen LogP contribution in [0.2, 0.25) is 0 Å². The molecule has 0 fully saturated rings. The van der Waals surface area contributed by atoms with E-state index in [1.807, 2.05) is 0 Å². The minimum absolute atomic E-state index is 0.293. The number of H-pyrrole nitrogens is 1. The van der Waals surface area contributed by atoms with Crippen LogP contribution in [0.1, 0.15) is 31.9 Å². The lowest BCUT2D eigenvalue weighted by molar-refractivity contribution is 0.466. The molecule has 1 rings (SSSR count). The Morgan fingerprint density at radius 3 is 2.91 bits per heavy atom. The van der Waals surface area contributed by atoms with Crippen molar-refractivity contribution in [3.05, 3.63) is 11.9 Å². The highest BCUT2D eigenvalue weighted by Gasteiger charge is 2.00. The molecule has 0 aromatic carbocycles. The number of aromatic hydroxyl groups is 1. The third-order valence-corrected chi connectivity index (χ3v) is 1.73. The summed E-state index contributed by atoms with van der Waals surface area (Å²) in [6.45, 7) is 2.16. The Balaban J connectivity index is 2.32. The molecular weight excluding hydrogens is 140 g/mol. The summed E-state index contributed by atoms with van der Waals surface area (Å²) in [7, 11) is 0. The number of hydrogen-bond acceptors (Lipinski definition) is 2. The van der Waals surface area contributed by atoms with Crippen LogP contribution in [0.4, 0.5) is 0 Å². The normalized spacial score (nSPS) is 10.3. The quantitative estimate of drug-likeness (QED) is 0.650. The first-order chi connectivity index (χ1) is 5.34. The number of aryl methyl sites for hydroxylation is 1. The number of aromatic nitrogens is 2. The lowest BCUT2D eigenvalue weighted by atomic mass is 10.1. The second-order valence-corrected chi connectivity index (χ2v) is 2.69. The fourth-order valence-corrected chi connectivity index (χ4v) is 1.04. The Morgan fingerprint density at radius 2 is 2.36 bits per heavy atom. The zero-order chi connectivity index (χ0) is 8.10. The van der Waals surface area contributed by atoms with E-state index in [9.17, 15) is 0 Å². The topological polar surface area (TPSA) is 48.9 Å². The number of nitrogens with zero attached hydrogens (tertiary/aromatic N) is 1. The first-order valence-electron chi connectivity index (χ1n) is 4.05. The second kappa shape index (κ2) is 4.01. The van der Waals surface area contributed by atoms with Crippen molar-refractivity contribution in [2.24, 2.45) is 0 Å². The molecule has 0 saturated carbocycles. The van der Waals surface area contributed by atoms with Crippen LogP contribution in [0.25, 0.3) is 0 Å². The highest BCUT2D eigenvalue weighted by atomic mass is 16.3. The van der Waals surface area contributed by atoms with Gasteiger partial charge in [0.25, 0.3) is 0 Å². The van der Waals surface area contributed by atoms with Crippen molar-refractivity contribution >= 4 is 0 Å². The van der Waals surface area contributed by atoms with Crippen molar-refractivity contribution in [1.82, 2.24) is 10.2 Å². The average molecular weight is 154 g/mol. The Hall–Kier alpha value is -0.990. The lowest BCUT2D eigenvalue weighted by Crippen LogP contribution is -1.85. The molecule has 0 aliphatic heterocycles. The molecular formula is C8H14N2O. The Bertz CT molecular complexity index is 208. The van der Waals surface area contributed by atoms with Crippen LogP contribution >= 0.6 is 0 Å². The van der Waals surface area contributed by atoms with Crippen LogP contribution in [0, 0.1) is 0 Å². The van der Waals surface area contributed by atoms with E-state index < -0.39 is 0 Å². The van der Waals surface area contributed by atoms with Gasteiger partial charge in [0, 0.05) is 0 Å². The molecule has 3 heteroatoms. The Labute approximate surface area is 66.4 Å². The molecule has 0 unspecified atom stereocenters. The molecule has 0 aliphatic rings. The van der Waals surface area contributed by atoms with Crippen molar-refractivity contribution in [1.29, 1.82) is 0 Å². The van der Waals surface area contributed by atoms with Crippen LogP contribution < -0.4 is 0 Å². The van der Waals surface area contributed by atoms with E-state index in [0.717, 1.165) is 18.5 Å². The van der Waals surface area contributed by atoms with Crippen molar-refractivity contribution in [3.8, 4) is 5.75 Å². The molecule has 2 N–H and O–H groups in total. The van der Waals surface area contributed by atoms with E-state index in [0.29, 0.717) is 5.75 Å². The van der Waals surface area contributed by atoms with E-state index in [1.165, 1.54) is 19.0 Å². The molecule has 0 amide bonds. The fraction of sp³-hybridized carbons (Fsp3) is 0.625. The highest BCUT2D eigenvalue weighted by molar-refractivity contribution is 5.21. The third-order valence-electron chi connectivity index (χ3n) is 1.73. The molecule has 1 aromatic heterocycles. The molecule has 0 radical (unpaired) electrons. The van der Waals surface area contributed by atoms with Gasteiger partial charge in [0.2, 0.25) is 0 Å². The van der Waals surface area contributed by atoms with Crippen LogP contribution in [0.3, 0.4) is 0 Å². The molecule has 0 atom stereocenters. The Kier molecular flexibility index (Phi) is 2.95. The molecule has 1 heterocycles. The van der Waals surface area contributed by atoms with Gasteiger partial charge in [-0.1, -0.05) is 19.8 Å². The van der Waals surface area contributed by atoms with Gasteiger partial charge in [0.15, 0.2) is 5.75 Å². The summed E-state index contributed by atoms with van der Waals surface area (Å²) in [4.78, 5) is 0. The third kappa shape index (κ3) is 2.26. The van der Waals surface area contributed by atoms with Crippen molar-refractivity contribution < 1.29 is 5.11 Å². The summed E-state index contributed by atoms with van der Waals surface area (Å²) >= 11 is 0. The van der Waals surface area contributed by atoms with Gasteiger partial charge in [-0.2, -0.15) is 5.10 Å². The molecule has 11 heavy (non-hydrogen) atoms. The smallest absolute Gasteiger partial charge is 0.156 e. The second-order valence-electron chi connectivity index (χ2n) is 2.69. The number of aromatic amines is 1. The monoisotopic (exact) mass is 154 g/mol. The average Bonchev–Trinajstić information content (AvgIpc) is 2.37. The van der Waals surface area contributed by atoms with E-state index >= 15 is 0 Å². The van der Waals surface area contributed by atoms with Gasteiger partial charge in [-0.15, -0.1) is 0 Å². The van der Waals surface area contributed by atoms with Crippen LogP contribution in [-0.4, -0.2) is 15.3 Å². The predicted molar refractivity (Wildman–Crippen MR) is 43.5 cm³/mol. The lowest BCUT2D eigenvalue weighted by Gasteiger charge is -1.95. The standard InChI is InChI=1S/C8H14N2O/c1-2-3-4-5-7-8(11)6-9-10-7/h6,11H,2-5H2,1H3,(H,9,10). The maximum absolute atomic E-state index is 9.16. The molecule has 62 valence electrons. The van der Waals surface area contributed by atoms with Gasteiger partial charge < -0.3 is 5.11 Å². The number of hydrogen-bond donors (Lipinski definition) is 2. The van der Waals surface area contributed by atoms with Crippen LogP contribution in [-0.2, 0) is 6.42 Å². The number of nitrogens with one attached hydrogen (secondary N) is 1. The van der Waals surface area contributed by atoms with E-state index in [-0.39, 0.29) is 0 Å². The maximum Gasteiger partial charge on any atom is 0.156 e. The zero-order valence-corrected chi connectivity index (χ0v) is 6.80. The first kappa shape index (κ1) is 8.11. The largest absolute Gasteiger partial charge is 0.504 e. The highest BCUT2D eigenvalue weighted by Crippen LogP contribution is 2.14. The summed E-state index contributed by atoms with van der Waals surface area (Å²) in [6.07, 6.45) is 5.88. The molecule has 0 aliphatic carbocycles. The van der Waals surface area contributed by atoms with Crippen molar-refractivity contribution in [3.63, 3.8) is 0 Å². The molecule has 3 nitrogen and oxygen atoms in total. The summed E-state index contributed by atoms with van der Waals surface area (Å²) < 4.78 is 0.